The number of para-hydroxylation sites is 1. The van der Waals surface area contributed by atoms with Crippen LogP contribution in [0.3, 0.4) is 0 Å². The van der Waals surface area contributed by atoms with Gasteiger partial charge in [-0.05, 0) is 218 Å². The molecule has 0 bridgehead atoms. The Kier molecular flexibility index (Phi) is 11.4. The van der Waals surface area contributed by atoms with Gasteiger partial charge >= 0.3 is 0 Å². The fraction of sp³-hybridized carbons (Fsp3) is 0.0769. The minimum atomic E-state index is -0.453. The highest BCUT2D eigenvalue weighted by molar-refractivity contribution is 6.19. The molecule has 2 nitrogen and oxygen atoms in total. The molecular formula is C91H64N2. The molecule has 4 aliphatic carbocycles. The Bertz CT molecular complexity index is 5430. The summed E-state index contributed by atoms with van der Waals surface area (Å²) in [6.45, 7) is 9.53. The summed E-state index contributed by atoms with van der Waals surface area (Å²) in [4.78, 5) is 2.47. The number of nitrogens with zero attached hydrogens (tertiary/aromatic N) is 2. The number of hydrogen-bond acceptors (Lipinski definition) is 1. The molecule has 0 radical (unpaired) electrons. The highest BCUT2D eigenvalue weighted by Gasteiger charge is 2.52. The summed E-state index contributed by atoms with van der Waals surface area (Å²) in [6, 6.07) is 119. The van der Waals surface area contributed by atoms with E-state index in [2.05, 4.69) is 353 Å². The number of anilines is 3. The van der Waals surface area contributed by atoms with Crippen LogP contribution in [0.4, 0.5) is 17.1 Å². The van der Waals surface area contributed by atoms with Gasteiger partial charge in [0.05, 0.1) is 16.4 Å². The lowest BCUT2D eigenvalue weighted by Crippen LogP contribution is -2.25. The third-order valence-electron chi connectivity index (χ3n) is 21.6. The lowest BCUT2D eigenvalue weighted by molar-refractivity contribution is 0.660. The molecule has 438 valence electrons. The van der Waals surface area contributed by atoms with Gasteiger partial charge in [-0.25, -0.2) is 0 Å². The number of fused-ring (bicyclic) bond motifs is 20. The maximum atomic E-state index is 2.48. The summed E-state index contributed by atoms with van der Waals surface area (Å²) >= 11 is 0. The van der Waals surface area contributed by atoms with E-state index in [1.54, 1.807) is 0 Å². The second-order valence-electron chi connectivity index (χ2n) is 27.1. The monoisotopic (exact) mass is 1180 g/mol. The quantitative estimate of drug-likeness (QED) is 0.147. The molecule has 0 saturated heterocycles. The van der Waals surface area contributed by atoms with Crippen LogP contribution in [0.15, 0.2) is 315 Å². The molecule has 1 spiro atoms. The Morgan fingerprint density at radius 1 is 0.247 bits per heavy atom. The van der Waals surface area contributed by atoms with Crippen LogP contribution in [-0.2, 0) is 16.2 Å². The smallest absolute Gasteiger partial charge is 0.0725 e. The predicted octanol–water partition coefficient (Wildman–Crippen LogP) is 23.9. The van der Waals surface area contributed by atoms with Crippen LogP contribution in [0.2, 0.25) is 0 Å². The van der Waals surface area contributed by atoms with E-state index >= 15 is 0 Å². The van der Waals surface area contributed by atoms with Crippen molar-refractivity contribution in [2.24, 2.45) is 0 Å². The maximum Gasteiger partial charge on any atom is 0.0725 e. The molecule has 1 heterocycles. The Morgan fingerprint density at radius 3 is 1.17 bits per heavy atom. The first-order chi connectivity index (χ1) is 45.6. The van der Waals surface area contributed by atoms with Crippen LogP contribution in [-0.4, -0.2) is 4.57 Å². The largest absolute Gasteiger partial charge is 0.310 e. The average molecular weight is 1190 g/mol. The minimum absolute atomic E-state index is 0.148. The molecule has 0 N–H and O–H groups in total. The van der Waals surface area contributed by atoms with Crippen molar-refractivity contribution in [1.82, 2.24) is 4.57 Å². The summed E-state index contributed by atoms with van der Waals surface area (Å²) in [6.07, 6.45) is 0. The van der Waals surface area contributed by atoms with Gasteiger partial charge < -0.3 is 9.47 Å². The maximum absolute atomic E-state index is 2.48. The van der Waals surface area contributed by atoms with Crippen LogP contribution < -0.4 is 4.90 Å². The molecule has 0 aliphatic heterocycles. The van der Waals surface area contributed by atoms with Gasteiger partial charge in [-0.2, -0.15) is 0 Å². The first-order valence-electron chi connectivity index (χ1n) is 32.8. The van der Waals surface area contributed by atoms with Crippen molar-refractivity contribution in [3.05, 3.63) is 360 Å². The van der Waals surface area contributed by atoms with E-state index in [4.69, 9.17) is 0 Å². The molecule has 93 heavy (non-hydrogen) atoms. The molecule has 19 rings (SSSR count). The molecule has 2 heteroatoms. The second kappa shape index (κ2) is 19.8. The molecule has 14 aromatic carbocycles. The van der Waals surface area contributed by atoms with Gasteiger partial charge in [-0.1, -0.05) is 258 Å². The van der Waals surface area contributed by atoms with E-state index in [9.17, 15) is 0 Å². The first kappa shape index (κ1) is 53.5. The van der Waals surface area contributed by atoms with E-state index in [0.29, 0.717) is 0 Å². The topological polar surface area (TPSA) is 8.17 Å². The number of aromatic nitrogens is 1. The Morgan fingerprint density at radius 2 is 0.634 bits per heavy atom. The van der Waals surface area contributed by atoms with Crippen LogP contribution >= 0.6 is 0 Å². The summed E-state index contributed by atoms with van der Waals surface area (Å²) in [5.74, 6) is 0. The Balaban J connectivity index is 0.794. The minimum Gasteiger partial charge on any atom is -0.310 e. The summed E-state index contributed by atoms with van der Waals surface area (Å²) in [7, 11) is 0. The third kappa shape index (κ3) is 7.64. The van der Waals surface area contributed by atoms with Crippen LogP contribution in [0.1, 0.15) is 72.2 Å². The zero-order chi connectivity index (χ0) is 61.9. The van der Waals surface area contributed by atoms with Crippen molar-refractivity contribution in [3.63, 3.8) is 0 Å². The van der Waals surface area contributed by atoms with Gasteiger partial charge in [0, 0.05) is 44.4 Å². The van der Waals surface area contributed by atoms with E-state index in [1.807, 2.05) is 0 Å². The van der Waals surface area contributed by atoms with Crippen LogP contribution in [0, 0.1) is 0 Å². The summed E-state index contributed by atoms with van der Waals surface area (Å²) in [5.41, 5.74) is 36.9. The molecule has 0 unspecified atom stereocenters. The fourth-order valence-corrected chi connectivity index (χ4v) is 17.3. The van der Waals surface area contributed by atoms with Crippen molar-refractivity contribution < 1.29 is 0 Å². The van der Waals surface area contributed by atoms with Crippen molar-refractivity contribution in [3.8, 4) is 94.7 Å². The molecule has 0 fully saturated rings. The van der Waals surface area contributed by atoms with Crippen LogP contribution in [0.5, 0.6) is 0 Å². The highest BCUT2D eigenvalue weighted by atomic mass is 15.1. The van der Waals surface area contributed by atoms with Gasteiger partial charge in [-0.3, -0.25) is 0 Å². The molecule has 1 aromatic heterocycles. The number of rotatable bonds is 8. The standard InChI is InChI=1S/C91H64N2/c1-89(2)77-30-16-11-25-69(77)73-46-39-61(55-83(73)89)63-51-64(62-40-47-74-70-26-12-17-31-78(70)90(3,4)84(74)56-62)53-68(52-63)92(66-42-35-58(36-43-66)57-21-7-5-8-22-57)67-44-37-59(38-45-67)60-41-49-85-76(54-60)88-86(93(85)65-23-9-6-10-24-65)50-48-82-87(88)75-29-15-20-34-81(75)91(82)79-32-18-13-27-71(79)72-28-14-19-33-80(72)91/h5-56H,1-4H3. The second-order valence-corrected chi connectivity index (χ2v) is 27.1. The van der Waals surface area contributed by atoms with Crippen molar-refractivity contribution in [2.75, 3.05) is 4.90 Å². The van der Waals surface area contributed by atoms with Gasteiger partial charge in [0.1, 0.15) is 0 Å². The molecule has 15 aromatic rings. The SMILES string of the molecule is CC1(C)c2ccccc2-c2ccc(-c3cc(-c4ccc5c(c4)C(C)(C)c4ccccc4-5)cc(N(c4ccc(-c5ccccc5)cc4)c4ccc(-c5ccc6c(c5)c5c7c(ccc5n6-c5ccccc5)C5(c6ccccc6-c6ccccc65)c5ccccc5-7)cc4)c3)cc21. The summed E-state index contributed by atoms with van der Waals surface area (Å²) < 4.78 is 2.48. The molecule has 4 aliphatic rings. The number of hydrogen-bond donors (Lipinski definition) is 0. The zero-order valence-electron chi connectivity index (χ0n) is 52.4. The van der Waals surface area contributed by atoms with E-state index in [1.165, 1.54) is 150 Å². The highest BCUT2D eigenvalue weighted by Crippen LogP contribution is 2.65. The van der Waals surface area contributed by atoms with Crippen molar-refractivity contribution in [2.45, 2.75) is 43.9 Å². The zero-order valence-corrected chi connectivity index (χ0v) is 52.4. The van der Waals surface area contributed by atoms with E-state index in [0.717, 1.165) is 28.3 Å². The predicted molar refractivity (Wildman–Crippen MR) is 389 cm³/mol. The van der Waals surface area contributed by atoms with Crippen molar-refractivity contribution >= 4 is 38.9 Å². The lowest BCUT2D eigenvalue weighted by atomic mass is 9.70. The van der Waals surface area contributed by atoms with Gasteiger partial charge in [-0.15, -0.1) is 0 Å². The number of benzene rings is 14. The first-order valence-corrected chi connectivity index (χ1v) is 32.8. The molecule has 0 atom stereocenters. The van der Waals surface area contributed by atoms with E-state index in [-0.39, 0.29) is 10.8 Å². The average Bonchev–Trinajstić information content (AvgIpc) is 1.50. The van der Waals surface area contributed by atoms with Crippen molar-refractivity contribution in [1.29, 1.82) is 0 Å². The fourth-order valence-electron chi connectivity index (χ4n) is 17.3. The van der Waals surface area contributed by atoms with Crippen LogP contribution in [0.25, 0.3) is 117 Å². The lowest BCUT2D eigenvalue weighted by Gasteiger charge is -2.30. The normalized spacial score (nSPS) is 14.3. The Hall–Kier alpha value is -11.3. The van der Waals surface area contributed by atoms with Gasteiger partial charge in [0.2, 0.25) is 0 Å². The van der Waals surface area contributed by atoms with Gasteiger partial charge in [0.15, 0.2) is 0 Å². The molecular weight excluding hydrogens is 1120 g/mol. The molecule has 0 amide bonds. The van der Waals surface area contributed by atoms with E-state index < -0.39 is 5.41 Å². The molecule has 0 saturated carbocycles. The third-order valence-corrected chi connectivity index (χ3v) is 21.6. The van der Waals surface area contributed by atoms with Gasteiger partial charge in [0.25, 0.3) is 0 Å². The summed E-state index contributed by atoms with van der Waals surface area (Å²) in [5, 5.41) is 2.52. The Labute approximate surface area is 543 Å².